The number of carbonyl (C=O) groups excluding carboxylic acids is 1. The quantitative estimate of drug-likeness (QED) is 0.802. The summed E-state index contributed by atoms with van der Waals surface area (Å²) in [5, 5.41) is 2.37. The first-order chi connectivity index (χ1) is 10.0. The van der Waals surface area contributed by atoms with Gasteiger partial charge in [0.05, 0.1) is 0 Å². The highest BCUT2D eigenvalue weighted by molar-refractivity contribution is 7.84. The van der Waals surface area contributed by atoms with E-state index in [1.165, 1.54) is 0 Å². The number of carbonyl (C=O) groups is 1. The van der Waals surface area contributed by atoms with Gasteiger partial charge in [-0.25, -0.2) is 0 Å². The van der Waals surface area contributed by atoms with Gasteiger partial charge in [-0.3, -0.25) is 9.00 Å². The van der Waals surface area contributed by atoms with E-state index >= 15 is 0 Å². The van der Waals surface area contributed by atoms with Gasteiger partial charge in [-0.1, -0.05) is 23.7 Å². The molecule has 1 heterocycles. The molecule has 0 fully saturated rings. The van der Waals surface area contributed by atoms with Crippen LogP contribution in [0.1, 0.15) is 5.56 Å². The van der Waals surface area contributed by atoms with Gasteiger partial charge in [0.1, 0.15) is 16.9 Å². The van der Waals surface area contributed by atoms with Gasteiger partial charge in [0.15, 0.2) is 0 Å². The molecule has 0 aliphatic carbocycles. The first-order valence-corrected chi connectivity index (χ1v) is 8.14. The molecule has 2 N–H and O–H groups in total. The fourth-order valence-corrected chi connectivity index (χ4v) is 3.55. The standard InChI is InChI=1S/C15H12ClNO3S/c16-10-4-5-12-11(6-10)15-9(2-1-3-13(15)20-12)7-21(19)8-14(17)18/h1-6H,7-8H2,(H2,17,18). The second-order valence-corrected chi connectivity index (χ2v) is 6.62. The van der Waals surface area contributed by atoms with Crippen LogP contribution in [0.2, 0.25) is 5.02 Å². The smallest absolute Gasteiger partial charge is 0.230 e. The number of benzene rings is 2. The first-order valence-electron chi connectivity index (χ1n) is 6.27. The molecule has 108 valence electrons. The highest BCUT2D eigenvalue weighted by Gasteiger charge is 2.14. The minimum absolute atomic E-state index is 0.146. The lowest BCUT2D eigenvalue weighted by Crippen LogP contribution is -2.20. The van der Waals surface area contributed by atoms with Crippen LogP contribution in [0.25, 0.3) is 21.9 Å². The molecule has 1 atom stereocenters. The monoisotopic (exact) mass is 321 g/mol. The summed E-state index contributed by atoms with van der Waals surface area (Å²) in [5.41, 5.74) is 7.37. The van der Waals surface area contributed by atoms with E-state index in [1.54, 1.807) is 6.07 Å². The molecule has 0 spiro atoms. The Labute approximate surface area is 128 Å². The molecule has 1 amide bonds. The minimum Gasteiger partial charge on any atom is -0.456 e. The van der Waals surface area contributed by atoms with Crippen molar-refractivity contribution in [1.82, 2.24) is 0 Å². The van der Waals surface area contributed by atoms with Gasteiger partial charge in [0.25, 0.3) is 0 Å². The van der Waals surface area contributed by atoms with E-state index in [2.05, 4.69) is 0 Å². The van der Waals surface area contributed by atoms with Gasteiger partial charge < -0.3 is 10.2 Å². The number of halogens is 1. The molecule has 6 heteroatoms. The fourth-order valence-electron chi connectivity index (χ4n) is 2.38. The number of rotatable bonds is 4. The predicted octanol–water partition coefficient (Wildman–Crippen LogP) is 2.97. The van der Waals surface area contributed by atoms with Crippen molar-refractivity contribution in [1.29, 1.82) is 0 Å². The zero-order valence-corrected chi connectivity index (χ0v) is 12.5. The van der Waals surface area contributed by atoms with Crippen LogP contribution in [0, 0.1) is 0 Å². The van der Waals surface area contributed by atoms with Crippen LogP contribution >= 0.6 is 11.6 Å². The number of amides is 1. The molecule has 1 aromatic heterocycles. The third-order valence-electron chi connectivity index (χ3n) is 3.16. The molecule has 4 nitrogen and oxygen atoms in total. The molecular formula is C15H12ClNO3S. The van der Waals surface area contributed by atoms with Crippen molar-refractivity contribution >= 4 is 50.2 Å². The van der Waals surface area contributed by atoms with Gasteiger partial charge in [-0.2, -0.15) is 0 Å². The molecule has 3 aromatic rings. The lowest BCUT2D eigenvalue weighted by Gasteiger charge is -2.03. The van der Waals surface area contributed by atoms with Crippen LogP contribution in [0.4, 0.5) is 0 Å². The summed E-state index contributed by atoms with van der Waals surface area (Å²) >= 11 is 6.04. The van der Waals surface area contributed by atoms with Crippen LogP contribution in [0.5, 0.6) is 0 Å². The third-order valence-corrected chi connectivity index (χ3v) is 4.64. The Balaban J connectivity index is 2.14. The maximum atomic E-state index is 11.9. The normalized spacial score (nSPS) is 12.8. The summed E-state index contributed by atoms with van der Waals surface area (Å²) in [7, 11) is -1.34. The van der Waals surface area contributed by atoms with E-state index in [-0.39, 0.29) is 11.5 Å². The average Bonchev–Trinajstić information content (AvgIpc) is 2.76. The summed E-state index contributed by atoms with van der Waals surface area (Å²) in [6, 6.07) is 11.0. The molecule has 0 aliphatic rings. The van der Waals surface area contributed by atoms with E-state index in [4.69, 9.17) is 21.8 Å². The molecule has 0 bridgehead atoms. The zero-order valence-electron chi connectivity index (χ0n) is 11.0. The highest BCUT2D eigenvalue weighted by Crippen LogP contribution is 2.33. The predicted molar refractivity (Wildman–Crippen MR) is 84.6 cm³/mol. The van der Waals surface area contributed by atoms with Crippen LogP contribution in [-0.4, -0.2) is 15.9 Å². The molecule has 1 unspecified atom stereocenters. The van der Waals surface area contributed by atoms with Gasteiger partial charge >= 0.3 is 0 Å². The first kappa shape index (κ1) is 14.1. The van der Waals surface area contributed by atoms with Crippen LogP contribution in [-0.2, 0) is 21.3 Å². The van der Waals surface area contributed by atoms with E-state index in [1.807, 2.05) is 30.3 Å². The summed E-state index contributed by atoms with van der Waals surface area (Å²) in [6.07, 6.45) is 0. The minimum atomic E-state index is -1.34. The molecule has 21 heavy (non-hydrogen) atoms. The van der Waals surface area contributed by atoms with Crippen molar-refractivity contribution < 1.29 is 13.4 Å². The Kier molecular flexibility index (Phi) is 3.69. The van der Waals surface area contributed by atoms with Crippen LogP contribution in [0.3, 0.4) is 0 Å². The largest absolute Gasteiger partial charge is 0.456 e. The maximum Gasteiger partial charge on any atom is 0.230 e. The molecule has 0 radical (unpaired) electrons. The Hall–Kier alpha value is -1.85. The summed E-state index contributed by atoms with van der Waals surface area (Å²) in [4.78, 5) is 10.9. The third kappa shape index (κ3) is 2.80. The van der Waals surface area contributed by atoms with Crippen molar-refractivity contribution in [2.45, 2.75) is 5.75 Å². The van der Waals surface area contributed by atoms with Crippen molar-refractivity contribution in [3.05, 3.63) is 47.0 Å². The number of nitrogens with two attached hydrogens (primary N) is 1. The van der Waals surface area contributed by atoms with E-state index in [0.717, 1.165) is 21.9 Å². The number of hydrogen-bond acceptors (Lipinski definition) is 3. The number of hydrogen-bond donors (Lipinski definition) is 1. The second-order valence-electron chi connectivity index (χ2n) is 4.73. The van der Waals surface area contributed by atoms with Crippen molar-refractivity contribution in [3.8, 4) is 0 Å². The van der Waals surface area contributed by atoms with Gasteiger partial charge in [-0.15, -0.1) is 0 Å². The topological polar surface area (TPSA) is 73.3 Å². The summed E-state index contributed by atoms with van der Waals surface area (Å²) < 4.78 is 17.7. The molecule has 0 saturated carbocycles. The lowest BCUT2D eigenvalue weighted by molar-refractivity contribution is -0.115. The van der Waals surface area contributed by atoms with Gasteiger partial charge in [-0.05, 0) is 29.8 Å². The van der Waals surface area contributed by atoms with Gasteiger partial charge in [0.2, 0.25) is 5.91 Å². The number of furan rings is 1. The lowest BCUT2D eigenvalue weighted by atomic mass is 10.1. The van der Waals surface area contributed by atoms with Crippen molar-refractivity contribution in [2.24, 2.45) is 5.73 Å². The molecule has 3 rings (SSSR count). The number of primary amides is 1. The molecular weight excluding hydrogens is 310 g/mol. The Morgan fingerprint density at radius 1 is 1.24 bits per heavy atom. The number of fused-ring (bicyclic) bond motifs is 3. The van der Waals surface area contributed by atoms with E-state index in [9.17, 15) is 9.00 Å². The summed E-state index contributed by atoms with van der Waals surface area (Å²) in [5.74, 6) is -0.463. The van der Waals surface area contributed by atoms with Crippen molar-refractivity contribution in [3.63, 3.8) is 0 Å². The fraction of sp³-hybridized carbons (Fsp3) is 0.133. The highest BCUT2D eigenvalue weighted by atomic mass is 35.5. The van der Waals surface area contributed by atoms with E-state index in [0.29, 0.717) is 10.6 Å². The molecule has 0 aliphatic heterocycles. The summed E-state index contributed by atoms with van der Waals surface area (Å²) in [6.45, 7) is 0. The Morgan fingerprint density at radius 3 is 2.81 bits per heavy atom. The molecule has 2 aromatic carbocycles. The second kappa shape index (κ2) is 5.50. The zero-order chi connectivity index (χ0) is 15.0. The SMILES string of the molecule is NC(=O)CS(=O)Cc1cccc2oc3ccc(Cl)cc3c12. The van der Waals surface area contributed by atoms with E-state index < -0.39 is 16.7 Å². The average molecular weight is 322 g/mol. The van der Waals surface area contributed by atoms with Gasteiger partial charge in [0, 0.05) is 32.3 Å². The van der Waals surface area contributed by atoms with Crippen molar-refractivity contribution in [2.75, 3.05) is 5.75 Å². The van der Waals surface area contributed by atoms with Crippen LogP contribution in [0.15, 0.2) is 40.8 Å². The Morgan fingerprint density at radius 2 is 2.05 bits per heavy atom. The Bertz CT molecular complexity index is 872. The maximum absolute atomic E-state index is 11.9. The van der Waals surface area contributed by atoms with Crippen LogP contribution < -0.4 is 5.73 Å². The molecule has 0 saturated heterocycles.